The molecule has 0 saturated heterocycles. The zero-order valence-corrected chi connectivity index (χ0v) is 14.8. The van der Waals surface area contributed by atoms with Gasteiger partial charge in [0.25, 0.3) is 0 Å². The van der Waals surface area contributed by atoms with Crippen molar-refractivity contribution in [2.24, 2.45) is 0 Å². The molecule has 2 aromatic carbocycles. The molecule has 0 fully saturated rings. The lowest BCUT2D eigenvalue weighted by molar-refractivity contribution is -0.104. The zero-order valence-electron chi connectivity index (χ0n) is 14.0. The van der Waals surface area contributed by atoms with Crippen molar-refractivity contribution >= 4 is 24.1 Å². The molecule has 3 nitrogen and oxygen atoms in total. The number of allylic oxidation sites excluding steroid dienone is 1. The van der Waals surface area contributed by atoms with E-state index in [0.29, 0.717) is 19.0 Å². The van der Waals surface area contributed by atoms with Crippen molar-refractivity contribution in [3.05, 3.63) is 59.7 Å². The molecule has 0 aromatic heterocycles. The Morgan fingerprint density at radius 3 is 2.58 bits per heavy atom. The van der Waals surface area contributed by atoms with Crippen molar-refractivity contribution in [3.8, 4) is 11.5 Å². The topological polar surface area (TPSA) is 35.5 Å². The van der Waals surface area contributed by atoms with Gasteiger partial charge in [0.2, 0.25) is 0 Å². The van der Waals surface area contributed by atoms with Crippen molar-refractivity contribution in [2.75, 3.05) is 12.9 Å². The number of rotatable bonds is 9. The van der Waals surface area contributed by atoms with E-state index >= 15 is 0 Å². The van der Waals surface area contributed by atoms with E-state index in [-0.39, 0.29) is 0 Å². The second-order valence-corrected chi connectivity index (χ2v) is 6.02. The quantitative estimate of drug-likeness (QED) is 0.365. The van der Waals surface area contributed by atoms with Crippen LogP contribution in [0.25, 0.3) is 6.08 Å². The Balaban J connectivity index is 2.32. The Morgan fingerprint density at radius 2 is 1.92 bits per heavy atom. The maximum absolute atomic E-state index is 10.6. The van der Waals surface area contributed by atoms with Crippen molar-refractivity contribution in [3.63, 3.8) is 0 Å². The summed E-state index contributed by atoms with van der Waals surface area (Å²) < 4.78 is 11.9. The zero-order chi connectivity index (χ0) is 17.2. The molecule has 4 heteroatoms. The van der Waals surface area contributed by atoms with Gasteiger partial charge in [-0.05, 0) is 42.0 Å². The van der Waals surface area contributed by atoms with Crippen LogP contribution in [0.3, 0.4) is 0 Å². The molecule has 0 aliphatic carbocycles. The molecule has 0 atom stereocenters. The summed E-state index contributed by atoms with van der Waals surface area (Å²) >= 11 is 1.60. The van der Waals surface area contributed by atoms with Crippen molar-refractivity contribution in [1.82, 2.24) is 0 Å². The van der Waals surface area contributed by atoms with Crippen LogP contribution in [0.2, 0.25) is 0 Å². The average molecular weight is 342 g/mol. The van der Waals surface area contributed by atoms with E-state index < -0.39 is 0 Å². The summed E-state index contributed by atoms with van der Waals surface area (Å²) in [5.41, 5.74) is 2.01. The van der Waals surface area contributed by atoms with E-state index in [2.05, 4.69) is 6.92 Å². The van der Waals surface area contributed by atoms with Gasteiger partial charge >= 0.3 is 0 Å². The van der Waals surface area contributed by atoms with Crippen LogP contribution in [-0.4, -0.2) is 19.1 Å². The van der Waals surface area contributed by atoms with Gasteiger partial charge in [0, 0.05) is 0 Å². The second kappa shape index (κ2) is 9.83. The van der Waals surface area contributed by atoms with E-state index in [1.54, 1.807) is 17.8 Å². The molecule has 24 heavy (non-hydrogen) atoms. The molecule has 0 aliphatic rings. The van der Waals surface area contributed by atoms with Crippen molar-refractivity contribution < 1.29 is 14.3 Å². The largest absolute Gasteiger partial charge is 0.489 e. The van der Waals surface area contributed by atoms with Gasteiger partial charge in [0.05, 0.1) is 11.5 Å². The number of thioether (sulfide) groups is 1. The average Bonchev–Trinajstić information content (AvgIpc) is 2.63. The summed E-state index contributed by atoms with van der Waals surface area (Å²) in [4.78, 5) is 11.6. The molecule has 2 rings (SSSR count). The number of hydrogen-bond donors (Lipinski definition) is 0. The molecule has 0 spiro atoms. The third kappa shape index (κ3) is 5.17. The lowest BCUT2D eigenvalue weighted by Gasteiger charge is -2.16. The van der Waals surface area contributed by atoms with Crippen LogP contribution < -0.4 is 9.47 Å². The van der Waals surface area contributed by atoms with Crippen LogP contribution in [0.4, 0.5) is 0 Å². The summed E-state index contributed by atoms with van der Waals surface area (Å²) in [6.45, 7) is 3.18. The smallest absolute Gasteiger partial charge is 0.174 e. The molecule has 0 radical (unpaired) electrons. The first-order valence-electron chi connectivity index (χ1n) is 7.92. The maximum atomic E-state index is 10.6. The van der Waals surface area contributed by atoms with E-state index in [1.165, 1.54) is 6.08 Å². The normalized spacial score (nSPS) is 10.8. The highest BCUT2D eigenvalue weighted by Gasteiger charge is 2.13. The van der Waals surface area contributed by atoms with E-state index in [1.807, 2.05) is 48.7 Å². The molecule has 0 N–H and O–H groups in total. The van der Waals surface area contributed by atoms with Crippen LogP contribution in [0.15, 0.2) is 53.4 Å². The minimum Gasteiger partial charge on any atom is -0.489 e. The van der Waals surface area contributed by atoms with Crippen molar-refractivity contribution in [1.29, 1.82) is 0 Å². The number of ether oxygens (including phenoxy) is 2. The highest BCUT2D eigenvalue weighted by atomic mass is 32.2. The fourth-order valence-corrected chi connectivity index (χ4v) is 2.78. The third-order valence-electron chi connectivity index (χ3n) is 3.32. The summed E-state index contributed by atoms with van der Waals surface area (Å²) in [5, 5.41) is 0. The maximum Gasteiger partial charge on any atom is 0.174 e. The Hall–Kier alpha value is -2.20. The highest BCUT2D eigenvalue weighted by molar-refractivity contribution is 7.98. The molecule has 0 amide bonds. The fourth-order valence-electron chi connectivity index (χ4n) is 2.18. The Labute approximate surface area is 147 Å². The van der Waals surface area contributed by atoms with Crippen LogP contribution in [0.1, 0.15) is 24.5 Å². The van der Waals surface area contributed by atoms with Crippen LogP contribution in [-0.2, 0) is 11.4 Å². The lowest BCUT2D eigenvalue weighted by Crippen LogP contribution is -2.02. The summed E-state index contributed by atoms with van der Waals surface area (Å²) in [6, 6.07) is 13.9. The predicted octanol–water partition coefficient (Wildman–Crippen LogP) is 4.99. The predicted molar refractivity (Wildman–Crippen MR) is 99.9 cm³/mol. The molecule has 2 aromatic rings. The molecule has 0 aliphatic heterocycles. The Morgan fingerprint density at radius 1 is 1.12 bits per heavy atom. The number of aldehydes is 1. The van der Waals surface area contributed by atoms with Gasteiger partial charge in [0.15, 0.2) is 11.5 Å². The molecule has 0 saturated carbocycles. The minimum absolute atomic E-state index is 0.470. The Kier molecular flexibility index (Phi) is 7.43. The SMILES string of the molecule is CCCOc1c(OCc2ccccc2)cc(C=CC=O)cc1SC. The number of carbonyl (C=O) groups excluding carboxylic acids is 1. The number of benzene rings is 2. The first-order chi connectivity index (χ1) is 11.8. The molecule has 126 valence electrons. The molecule has 0 bridgehead atoms. The van der Waals surface area contributed by atoms with Gasteiger partial charge in [-0.25, -0.2) is 0 Å². The van der Waals surface area contributed by atoms with Gasteiger partial charge in [-0.1, -0.05) is 43.3 Å². The van der Waals surface area contributed by atoms with Crippen LogP contribution in [0.5, 0.6) is 11.5 Å². The molecule has 0 heterocycles. The lowest BCUT2D eigenvalue weighted by atomic mass is 10.2. The standard InChI is InChI=1S/C20H22O3S/c1-3-12-22-20-18(23-15-16-8-5-4-6-9-16)13-17(10-7-11-21)14-19(20)24-2/h4-11,13-14H,3,12,15H2,1-2H3. The molecular weight excluding hydrogens is 320 g/mol. The second-order valence-electron chi connectivity index (χ2n) is 5.17. The van der Waals surface area contributed by atoms with E-state index in [4.69, 9.17) is 9.47 Å². The van der Waals surface area contributed by atoms with E-state index in [0.717, 1.165) is 34.5 Å². The summed E-state index contributed by atoms with van der Waals surface area (Å²) in [5.74, 6) is 1.47. The van der Waals surface area contributed by atoms with Gasteiger partial charge in [-0.3, -0.25) is 4.79 Å². The first kappa shape index (κ1) is 18.1. The first-order valence-corrected chi connectivity index (χ1v) is 9.14. The van der Waals surface area contributed by atoms with Crippen LogP contribution in [0, 0.1) is 0 Å². The van der Waals surface area contributed by atoms with Crippen molar-refractivity contribution in [2.45, 2.75) is 24.8 Å². The minimum atomic E-state index is 0.470. The highest BCUT2D eigenvalue weighted by Crippen LogP contribution is 2.39. The summed E-state index contributed by atoms with van der Waals surface area (Å²) in [6.07, 6.45) is 6.95. The van der Waals surface area contributed by atoms with Gasteiger partial charge < -0.3 is 9.47 Å². The van der Waals surface area contributed by atoms with Gasteiger partial charge in [-0.2, -0.15) is 0 Å². The van der Waals surface area contributed by atoms with Gasteiger partial charge in [0.1, 0.15) is 12.9 Å². The third-order valence-corrected chi connectivity index (χ3v) is 4.06. The molecular formula is C20H22O3S. The van der Waals surface area contributed by atoms with Gasteiger partial charge in [-0.15, -0.1) is 11.8 Å². The summed E-state index contributed by atoms with van der Waals surface area (Å²) in [7, 11) is 0. The Bertz CT molecular complexity index is 681. The molecule has 0 unspecified atom stereocenters. The van der Waals surface area contributed by atoms with E-state index in [9.17, 15) is 4.79 Å². The number of carbonyl (C=O) groups is 1. The monoisotopic (exact) mass is 342 g/mol. The number of hydrogen-bond acceptors (Lipinski definition) is 4. The van der Waals surface area contributed by atoms with Crippen LogP contribution >= 0.6 is 11.8 Å². The fraction of sp³-hybridized carbons (Fsp3) is 0.250.